The van der Waals surface area contributed by atoms with E-state index >= 15 is 0 Å². The van der Waals surface area contributed by atoms with Crippen molar-refractivity contribution in [1.82, 2.24) is 29.1 Å². The lowest BCUT2D eigenvalue weighted by Gasteiger charge is -2.18. The molecule has 132 valence electrons. The maximum Gasteiger partial charge on any atom is 0.569 e. The first-order valence-corrected chi connectivity index (χ1v) is 8.92. The average Bonchev–Trinajstić information content (AvgIpc) is 3.08. The van der Waals surface area contributed by atoms with Crippen molar-refractivity contribution in [3.05, 3.63) is 49.2 Å². The van der Waals surface area contributed by atoms with E-state index in [2.05, 4.69) is 15.3 Å². The molecule has 0 N–H and O–H groups in total. The Labute approximate surface area is 161 Å². The zero-order valence-electron chi connectivity index (χ0n) is 14.9. The lowest BCUT2D eigenvalue weighted by Crippen LogP contribution is -2.45. The van der Waals surface area contributed by atoms with E-state index in [0.717, 1.165) is 34.2 Å². The molecule has 3 heterocycles. The van der Waals surface area contributed by atoms with Crippen molar-refractivity contribution in [3.63, 3.8) is 0 Å². The molecule has 3 aromatic heterocycles. The molecule has 0 aromatic carbocycles. The third-order valence-electron chi connectivity index (χ3n) is 4.37. The normalized spacial score (nSPS) is 11.4. The molecular formula is C15H18BCl3N6. The van der Waals surface area contributed by atoms with Crippen LogP contribution in [0.2, 0.25) is 15.1 Å². The minimum Gasteiger partial charge on any atom is -0.264 e. The summed E-state index contributed by atoms with van der Waals surface area (Å²) >= 11 is 19.1. The van der Waals surface area contributed by atoms with E-state index in [1.165, 1.54) is 0 Å². The van der Waals surface area contributed by atoms with E-state index in [1.807, 2.05) is 41.5 Å². The van der Waals surface area contributed by atoms with Gasteiger partial charge in [-0.1, -0.05) is 34.8 Å². The molecule has 0 aliphatic heterocycles. The highest BCUT2D eigenvalue weighted by atomic mass is 35.5. The van der Waals surface area contributed by atoms with E-state index in [9.17, 15) is 0 Å². The Morgan fingerprint density at radius 2 is 0.800 bits per heavy atom. The molecule has 0 amide bonds. The van der Waals surface area contributed by atoms with Gasteiger partial charge < -0.3 is 0 Å². The maximum atomic E-state index is 6.38. The fraction of sp³-hybridized carbons (Fsp3) is 0.400. The summed E-state index contributed by atoms with van der Waals surface area (Å²) in [6.07, 6.45) is 0. The Kier molecular flexibility index (Phi) is 4.68. The van der Waals surface area contributed by atoms with Crippen molar-refractivity contribution >= 4 is 41.9 Å². The topological polar surface area (TPSA) is 53.5 Å². The first kappa shape index (κ1) is 18.4. The number of hydrogen-bond acceptors (Lipinski definition) is 3. The molecule has 3 rings (SSSR count). The largest absolute Gasteiger partial charge is 0.569 e. The van der Waals surface area contributed by atoms with Gasteiger partial charge >= 0.3 is 7.12 Å². The molecule has 0 spiro atoms. The van der Waals surface area contributed by atoms with Crippen LogP contribution in [0.15, 0.2) is 0 Å². The quantitative estimate of drug-likeness (QED) is 0.625. The fourth-order valence-corrected chi connectivity index (χ4v) is 3.29. The predicted octanol–water partition coefficient (Wildman–Crippen LogP) is 4.02. The van der Waals surface area contributed by atoms with Crippen LogP contribution in [-0.2, 0) is 0 Å². The molecule has 0 unspecified atom stereocenters. The van der Waals surface area contributed by atoms with Crippen LogP contribution >= 0.6 is 34.8 Å². The van der Waals surface area contributed by atoms with Gasteiger partial charge in [-0.2, -0.15) is 15.3 Å². The highest BCUT2D eigenvalue weighted by Crippen LogP contribution is 2.26. The number of hydrogen-bond donors (Lipinski definition) is 0. The molecule has 0 aliphatic rings. The Balaban J connectivity index is 2.34. The number of aromatic nitrogens is 6. The SMILES string of the molecule is Cc1nn(B(n2nc(C)c(Cl)c2C)n2nc(C)c(Cl)c2C)c(C)c1Cl. The molecule has 10 heteroatoms. The fourth-order valence-electron chi connectivity index (χ4n) is 2.91. The van der Waals surface area contributed by atoms with E-state index in [-0.39, 0.29) is 0 Å². The second kappa shape index (κ2) is 6.38. The summed E-state index contributed by atoms with van der Waals surface area (Å²) in [7, 11) is -0.497. The zero-order valence-corrected chi connectivity index (χ0v) is 17.2. The van der Waals surface area contributed by atoms with Gasteiger partial charge in [-0.05, 0) is 41.5 Å². The maximum absolute atomic E-state index is 6.38. The molecule has 0 fully saturated rings. The monoisotopic (exact) mass is 398 g/mol. The Bertz CT molecular complexity index is 847. The van der Waals surface area contributed by atoms with E-state index < -0.39 is 7.12 Å². The molecule has 0 radical (unpaired) electrons. The average molecular weight is 400 g/mol. The van der Waals surface area contributed by atoms with Crippen LogP contribution in [0.1, 0.15) is 34.2 Å². The third-order valence-corrected chi connectivity index (χ3v) is 6.01. The molecule has 0 saturated heterocycles. The van der Waals surface area contributed by atoms with Crippen molar-refractivity contribution < 1.29 is 0 Å². The van der Waals surface area contributed by atoms with Crippen molar-refractivity contribution in [3.8, 4) is 0 Å². The van der Waals surface area contributed by atoms with Gasteiger partial charge in [0.15, 0.2) is 0 Å². The van der Waals surface area contributed by atoms with Gasteiger partial charge in [-0.15, -0.1) is 0 Å². The standard InChI is InChI=1S/C15H18BCl3N6/c1-7-13(17)10(4)23(20-7)16(24-11(5)14(18)8(2)21-24)25-12(6)15(19)9(3)22-25/h1-6H3. The molecule has 25 heavy (non-hydrogen) atoms. The summed E-state index contributed by atoms with van der Waals surface area (Å²) in [5.74, 6) is 0. The second-order valence-corrected chi connectivity index (χ2v) is 7.27. The predicted molar refractivity (Wildman–Crippen MR) is 102 cm³/mol. The minimum absolute atomic E-state index is 0.497. The molecule has 0 bridgehead atoms. The van der Waals surface area contributed by atoms with Crippen LogP contribution in [0.3, 0.4) is 0 Å². The third kappa shape index (κ3) is 2.78. The number of rotatable bonds is 3. The van der Waals surface area contributed by atoms with Crippen LogP contribution < -0.4 is 0 Å². The van der Waals surface area contributed by atoms with Gasteiger partial charge in [0.05, 0.1) is 32.1 Å². The lowest BCUT2D eigenvalue weighted by atomic mass is 9.93. The summed E-state index contributed by atoms with van der Waals surface area (Å²) in [6, 6.07) is 0. The Morgan fingerprint density at radius 1 is 0.560 bits per heavy atom. The Hall–Kier alpha value is -1.44. The van der Waals surface area contributed by atoms with Crippen molar-refractivity contribution in [2.75, 3.05) is 0 Å². The van der Waals surface area contributed by atoms with E-state index in [0.29, 0.717) is 15.1 Å². The summed E-state index contributed by atoms with van der Waals surface area (Å²) in [5, 5.41) is 15.6. The first-order chi connectivity index (χ1) is 11.6. The Morgan fingerprint density at radius 3 is 0.960 bits per heavy atom. The van der Waals surface area contributed by atoms with Gasteiger partial charge in [0.25, 0.3) is 0 Å². The van der Waals surface area contributed by atoms with Crippen LogP contribution in [-0.4, -0.2) is 36.2 Å². The molecule has 0 atom stereocenters. The van der Waals surface area contributed by atoms with Gasteiger partial charge in [0.2, 0.25) is 0 Å². The van der Waals surface area contributed by atoms with E-state index in [1.54, 1.807) is 13.8 Å². The highest BCUT2D eigenvalue weighted by Gasteiger charge is 2.35. The van der Waals surface area contributed by atoms with Gasteiger partial charge in [0.1, 0.15) is 0 Å². The first-order valence-electron chi connectivity index (χ1n) is 7.78. The molecular weight excluding hydrogens is 381 g/mol. The second-order valence-electron chi connectivity index (χ2n) is 6.13. The van der Waals surface area contributed by atoms with E-state index in [4.69, 9.17) is 34.8 Å². The van der Waals surface area contributed by atoms with Crippen LogP contribution in [0.25, 0.3) is 0 Å². The number of aryl methyl sites for hydroxylation is 3. The molecule has 0 aliphatic carbocycles. The van der Waals surface area contributed by atoms with Crippen molar-refractivity contribution in [2.24, 2.45) is 0 Å². The number of nitrogens with zero attached hydrogens (tertiary/aromatic N) is 6. The lowest BCUT2D eigenvalue weighted by molar-refractivity contribution is 0.730. The van der Waals surface area contributed by atoms with Gasteiger partial charge in [0, 0.05) is 17.1 Å². The van der Waals surface area contributed by atoms with Gasteiger partial charge in [-0.25, -0.2) is 0 Å². The van der Waals surface area contributed by atoms with Crippen LogP contribution in [0.4, 0.5) is 0 Å². The summed E-state index contributed by atoms with van der Waals surface area (Å²) in [5.41, 5.74) is 4.67. The van der Waals surface area contributed by atoms with Crippen molar-refractivity contribution in [1.29, 1.82) is 0 Å². The molecule has 3 aromatic rings. The highest BCUT2D eigenvalue weighted by molar-refractivity contribution is 6.54. The van der Waals surface area contributed by atoms with Crippen LogP contribution in [0.5, 0.6) is 0 Å². The zero-order chi connectivity index (χ0) is 18.6. The molecule has 0 saturated carbocycles. The summed E-state index contributed by atoms with van der Waals surface area (Å²) < 4.78 is 5.38. The smallest absolute Gasteiger partial charge is 0.264 e. The van der Waals surface area contributed by atoms with Crippen LogP contribution in [0, 0.1) is 41.5 Å². The summed E-state index contributed by atoms with van der Waals surface area (Å²) in [4.78, 5) is 0. The minimum atomic E-state index is -0.497. The van der Waals surface area contributed by atoms with Crippen molar-refractivity contribution in [2.45, 2.75) is 41.5 Å². The van der Waals surface area contributed by atoms with Gasteiger partial charge in [-0.3, -0.25) is 13.8 Å². The summed E-state index contributed by atoms with van der Waals surface area (Å²) in [6.45, 7) is 11.3. The molecule has 6 nitrogen and oxygen atoms in total. The number of halogens is 3.